The summed E-state index contributed by atoms with van der Waals surface area (Å²) < 4.78 is 5.29. The number of likely N-dealkylation sites (tertiary alicyclic amines) is 1. The maximum atomic E-state index is 12.7. The number of aromatic nitrogens is 3. The predicted octanol–water partition coefficient (Wildman–Crippen LogP) is 1.71. The molecule has 9 nitrogen and oxygen atoms in total. The van der Waals surface area contributed by atoms with Gasteiger partial charge in [0.1, 0.15) is 0 Å². The lowest BCUT2D eigenvalue weighted by Gasteiger charge is -2.38. The molecule has 4 heterocycles. The number of rotatable bonds is 6. The van der Waals surface area contributed by atoms with Crippen molar-refractivity contribution in [3.8, 4) is 11.4 Å². The van der Waals surface area contributed by atoms with E-state index < -0.39 is 0 Å². The lowest BCUT2D eigenvalue weighted by atomic mass is 9.92. The summed E-state index contributed by atoms with van der Waals surface area (Å²) in [4.78, 5) is 39.7. The molecule has 2 aromatic heterocycles. The standard InChI is InChI=1S/C23H32N6O3/c1-17-13-18(2)15-29(14-17)22(31)16-27-9-11-28(12-10-27)21(30)4-3-20-25-23(26-32-20)19-5-7-24-8-6-19/h5-8,17-18H,3-4,9-16H2,1-2H3. The maximum absolute atomic E-state index is 12.7. The van der Waals surface area contributed by atoms with Gasteiger partial charge < -0.3 is 14.3 Å². The predicted molar refractivity (Wildman–Crippen MR) is 118 cm³/mol. The van der Waals surface area contributed by atoms with Gasteiger partial charge in [-0.1, -0.05) is 19.0 Å². The van der Waals surface area contributed by atoms with Crippen molar-refractivity contribution in [1.82, 2.24) is 29.8 Å². The second kappa shape index (κ2) is 10.2. The Bertz CT molecular complexity index is 899. The number of carbonyl (C=O) groups excluding carboxylic acids is 2. The van der Waals surface area contributed by atoms with Crippen molar-refractivity contribution in [1.29, 1.82) is 0 Å². The molecule has 2 aliphatic rings. The van der Waals surface area contributed by atoms with Crippen LogP contribution in [-0.4, -0.2) is 87.5 Å². The SMILES string of the molecule is CC1CC(C)CN(C(=O)CN2CCN(C(=O)CCc3nc(-c4ccncc4)no3)CC2)C1. The fraction of sp³-hybridized carbons (Fsp3) is 0.609. The van der Waals surface area contributed by atoms with Gasteiger partial charge in [-0.3, -0.25) is 19.5 Å². The summed E-state index contributed by atoms with van der Waals surface area (Å²) in [7, 11) is 0. The molecule has 32 heavy (non-hydrogen) atoms. The Kier molecular flexibility index (Phi) is 7.14. The maximum Gasteiger partial charge on any atom is 0.236 e. The first-order chi connectivity index (χ1) is 15.5. The van der Waals surface area contributed by atoms with Gasteiger partial charge in [-0.05, 0) is 30.4 Å². The normalized spacial score (nSPS) is 22.2. The average Bonchev–Trinajstić information content (AvgIpc) is 3.27. The highest BCUT2D eigenvalue weighted by Crippen LogP contribution is 2.21. The average molecular weight is 441 g/mol. The Morgan fingerprint density at radius 2 is 1.69 bits per heavy atom. The van der Waals surface area contributed by atoms with Gasteiger partial charge in [-0.25, -0.2) is 0 Å². The van der Waals surface area contributed by atoms with E-state index in [1.165, 1.54) is 6.42 Å². The second-order valence-corrected chi connectivity index (χ2v) is 9.15. The Labute approximate surface area is 188 Å². The summed E-state index contributed by atoms with van der Waals surface area (Å²) in [6.07, 6.45) is 5.30. The largest absolute Gasteiger partial charge is 0.341 e. The van der Waals surface area contributed by atoms with Crippen LogP contribution in [0.2, 0.25) is 0 Å². The van der Waals surface area contributed by atoms with Gasteiger partial charge >= 0.3 is 0 Å². The third-order valence-electron chi connectivity index (χ3n) is 6.26. The zero-order chi connectivity index (χ0) is 22.5. The van der Waals surface area contributed by atoms with E-state index >= 15 is 0 Å². The third-order valence-corrected chi connectivity index (χ3v) is 6.26. The first-order valence-electron chi connectivity index (χ1n) is 11.5. The molecule has 2 unspecified atom stereocenters. The topological polar surface area (TPSA) is 95.7 Å². The van der Waals surface area contributed by atoms with Crippen molar-refractivity contribution in [3.05, 3.63) is 30.4 Å². The van der Waals surface area contributed by atoms with Gasteiger partial charge in [0.25, 0.3) is 0 Å². The number of aryl methyl sites for hydroxylation is 1. The summed E-state index contributed by atoms with van der Waals surface area (Å²) in [5.74, 6) is 2.39. The Morgan fingerprint density at radius 1 is 1.00 bits per heavy atom. The molecule has 9 heteroatoms. The number of hydrogen-bond donors (Lipinski definition) is 0. The minimum absolute atomic E-state index is 0.0818. The highest BCUT2D eigenvalue weighted by atomic mass is 16.5. The molecule has 2 aromatic rings. The highest BCUT2D eigenvalue weighted by molar-refractivity contribution is 5.79. The summed E-state index contributed by atoms with van der Waals surface area (Å²) in [6, 6.07) is 3.63. The van der Waals surface area contributed by atoms with E-state index in [9.17, 15) is 9.59 Å². The van der Waals surface area contributed by atoms with Gasteiger partial charge in [0, 0.05) is 70.1 Å². The van der Waals surface area contributed by atoms with Crippen molar-refractivity contribution in [2.45, 2.75) is 33.1 Å². The van der Waals surface area contributed by atoms with Crippen LogP contribution in [-0.2, 0) is 16.0 Å². The monoisotopic (exact) mass is 440 g/mol. The van der Waals surface area contributed by atoms with E-state index in [0.717, 1.165) is 31.7 Å². The fourth-order valence-electron chi connectivity index (χ4n) is 4.66. The summed E-state index contributed by atoms with van der Waals surface area (Å²) in [6.45, 7) is 9.34. The van der Waals surface area contributed by atoms with Gasteiger partial charge in [-0.2, -0.15) is 4.98 Å². The molecule has 0 aliphatic carbocycles. The first-order valence-corrected chi connectivity index (χ1v) is 11.5. The van der Waals surface area contributed by atoms with Crippen molar-refractivity contribution in [2.75, 3.05) is 45.8 Å². The van der Waals surface area contributed by atoms with Crippen molar-refractivity contribution >= 4 is 11.8 Å². The Balaban J connectivity index is 1.19. The molecule has 0 N–H and O–H groups in total. The second-order valence-electron chi connectivity index (χ2n) is 9.15. The first kappa shape index (κ1) is 22.4. The molecule has 4 rings (SSSR count). The zero-order valence-corrected chi connectivity index (χ0v) is 18.9. The fourth-order valence-corrected chi connectivity index (χ4v) is 4.66. The minimum atomic E-state index is 0.0818. The molecule has 0 aromatic carbocycles. The van der Waals surface area contributed by atoms with Crippen molar-refractivity contribution in [3.63, 3.8) is 0 Å². The van der Waals surface area contributed by atoms with E-state index in [2.05, 4.69) is 33.9 Å². The number of pyridine rings is 1. The number of piperidine rings is 1. The van der Waals surface area contributed by atoms with Crippen molar-refractivity contribution in [2.24, 2.45) is 11.8 Å². The molecule has 0 radical (unpaired) electrons. The molecule has 0 saturated carbocycles. The Hall–Kier alpha value is -2.81. The van der Waals surface area contributed by atoms with Crippen LogP contribution >= 0.6 is 0 Å². The summed E-state index contributed by atoms with van der Waals surface area (Å²) in [5, 5.41) is 3.98. The quantitative estimate of drug-likeness (QED) is 0.675. The number of hydrogen-bond acceptors (Lipinski definition) is 7. The van der Waals surface area contributed by atoms with Crippen molar-refractivity contribution < 1.29 is 14.1 Å². The van der Waals surface area contributed by atoms with Gasteiger partial charge in [0.05, 0.1) is 6.54 Å². The Morgan fingerprint density at radius 3 is 2.38 bits per heavy atom. The van der Waals surface area contributed by atoms with Crippen LogP contribution < -0.4 is 0 Å². The number of amides is 2. The van der Waals surface area contributed by atoms with Crippen LogP contribution in [0.1, 0.15) is 32.6 Å². The lowest BCUT2D eigenvalue weighted by Crippen LogP contribution is -2.53. The highest BCUT2D eigenvalue weighted by Gasteiger charge is 2.28. The summed E-state index contributed by atoms with van der Waals surface area (Å²) in [5.41, 5.74) is 0.834. The molecule has 172 valence electrons. The lowest BCUT2D eigenvalue weighted by molar-refractivity contribution is -0.136. The van der Waals surface area contributed by atoms with Gasteiger partial charge in [0.15, 0.2) is 0 Å². The van der Waals surface area contributed by atoms with E-state index in [4.69, 9.17) is 4.52 Å². The third kappa shape index (κ3) is 5.70. The molecule has 2 saturated heterocycles. The molecule has 2 atom stereocenters. The smallest absolute Gasteiger partial charge is 0.236 e. The van der Waals surface area contributed by atoms with Crippen LogP contribution in [0, 0.1) is 11.8 Å². The molecule has 0 bridgehead atoms. The van der Waals surface area contributed by atoms with Crippen LogP contribution in [0.3, 0.4) is 0 Å². The summed E-state index contributed by atoms with van der Waals surface area (Å²) >= 11 is 0. The van der Waals surface area contributed by atoms with Crippen LogP contribution in [0.25, 0.3) is 11.4 Å². The van der Waals surface area contributed by atoms with E-state index in [1.54, 1.807) is 12.4 Å². The van der Waals surface area contributed by atoms with Crippen LogP contribution in [0.5, 0.6) is 0 Å². The van der Waals surface area contributed by atoms with E-state index in [1.807, 2.05) is 21.9 Å². The molecule has 2 fully saturated rings. The zero-order valence-electron chi connectivity index (χ0n) is 18.9. The van der Waals surface area contributed by atoms with E-state index in [0.29, 0.717) is 56.0 Å². The molecule has 2 aliphatic heterocycles. The number of piperazine rings is 1. The molecular weight excluding hydrogens is 408 g/mol. The van der Waals surface area contributed by atoms with E-state index in [-0.39, 0.29) is 11.8 Å². The molecule has 2 amide bonds. The molecular formula is C23H32N6O3. The minimum Gasteiger partial charge on any atom is -0.341 e. The van der Waals surface area contributed by atoms with Gasteiger partial charge in [-0.15, -0.1) is 0 Å². The van der Waals surface area contributed by atoms with Crippen LogP contribution in [0.4, 0.5) is 0 Å². The number of nitrogens with zero attached hydrogens (tertiary/aromatic N) is 6. The number of carbonyl (C=O) groups is 2. The van der Waals surface area contributed by atoms with Crippen LogP contribution in [0.15, 0.2) is 29.0 Å². The van der Waals surface area contributed by atoms with Gasteiger partial charge in [0.2, 0.25) is 23.5 Å². The molecule has 0 spiro atoms.